The highest BCUT2D eigenvalue weighted by molar-refractivity contribution is 5.97. The first-order chi connectivity index (χ1) is 14.3. The lowest BCUT2D eigenvalue weighted by atomic mass is 10.1. The number of morpholine rings is 1. The molecule has 9 nitrogen and oxygen atoms in total. The maximum absolute atomic E-state index is 13.4. The van der Waals surface area contributed by atoms with E-state index in [1.807, 2.05) is 24.3 Å². The van der Waals surface area contributed by atoms with Crippen LogP contribution in [-0.4, -0.2) is 64.0 Å². The van der Waals surface area contributed by atoms with Crippen LogP contribution in [0.2, 0.25) is 0 Å². The van der Waals surface area contributed by atoms with Gasteiger partial charge < -0.3 is 14.8 Å². The van der Waals surface area contributed by atoms with Gasteiger partial charge in [-0.2, -0.15) is 0 Å². The predicted octanol–water partition coefficient (Wildman–Crippen LogP) is 1.68. The van der Waals surface area contributed by atoms with E-state index in [4.69, 9.17) is 9.47 Å². The number of aromatic nitrogens is 4. The second kappa shape index (κ2) is 8.80. The van der Waals surface area contributed by atoms with Gasteiger partial charge in [0.15, 0.2) is 0 Å². The van der Waals surface area contributed by atoms with Crippen LogP contribution in [0, 0.1) is 0 Å². The Morgan fingerprint density at radius 2 is 2.00 bits per heavy atom. The molecule has 2 aromatic heterocycles. The Balaban J connectivity index is 1.64. The molecule has 1 aliphatic rings. The lowest BCUT2D eigenvalue weighted by Gasteiger charge is -2.33. The van der Waals surface area contributed by atoms with Crippen LogP contribution in [0.15, 0.2) is 55.4 Å². The van der Waals surface area contributed by atoms with Crippen LogP contribution in [0.1, 0.15) is 11.6 Å². The summed E-state index contributed by atoms with van der Waals surface area (Å²) in [6.07, 6.45) is 6.62. The fraction of sp³-hybridized carbons (Fsp3) is 0.300. The summed E-state index contributed by atoms with van der Waals surface area (Å²) in [4.78, 5) is 19.7. The second-order valence-electron chi connectivity index (χ2n) is 6.58. The van der Waals surface area contributed by atoms with E-state index in [1.54, 1.807) is 42.8 Å². The number of carbonyl (C=O) groups excluding carboxylic acids is 1. The van der Waals surface area contributed by atoms with Crippen molar-refractivity contribution in [1.29, 1.82) is 0 Å². The molecule has 0 aliphatic carbocycles. The number of benzene rings is 1. The van der Waals surface area contributed by atoms with Gasteiger partial charge in [-0.15, -0.1) is 10.2 Å². The number of nitrogens with zero attached hydrogens (tertiary/aromatic N) is 5. The van der Waals surface area contributed by atoms with E-state index in [-0.39, 0.29) is 5.91 Å². The lowest BCUT2D eigenvalue weighted by Crippen LogP contribution is -2.44. The summed E-state index contributed by atoms with van der Waals surface area (Å²) in [7, 11) is 1.57. The Morgan fingerprint density at radius 1 is 1.21 bits per heavy atom. The van der Waals surface area contributed by atoms with Crippen LogP contribution in [0.5, 0.6) is 5.75 Å². The average molecular weight is 394 g/mol. The standard InChI is InChI=1S/C20H22N6O3/c1-28-18-5-4-16(26-13-22-23-14-26)11-17(18)24-20(27)19(15-3-2-6-21-12-15)25-7-9-29-10-8-25/h2-6,11-14,19H,7-10H2,1H3,(H,24,27). The minimum Gasteiger partial charge on any atom is -0.495 e. The monoisotopic (exact) mass is 394 g/mol. The average Bonchev–Trinajstić information content (AvgIpc) is 3.30. The zero-order chi connectivity index (χ0) is 20.1. The van der Waals surface area contributed by atoms with Crippen LogP contribution in [0.3, 0.4) is 0 Å². The molecular formula is C20H22N6O3. The van der Waals surface area contributed by atoms with Crippen molar-refractivity contribution in [2.75, 3.05) is 38.7 Å². The molecule has 1 amide bonds. The summed E-state index contributed by atoms with van der Waals surface area (Å²) in [6.45, 7) is 2.53. The third kappa shape index (κ3) is 4.25. The highest BCUT2D eigenvalue weighted by Gasteiger charge is 2.30. The largest absolute Gasteiger partial charge is 0.495 e. The smallest absolute Gasteiger partial charge is 0.246 e. The Hall–Kier alpha value is -3.30. The molecular weight excluding hydrogens is 372 g/mol. The first-order valence-corrected chi connectivity index (χ1v) is 9.32. The summed E-state index contributed by atoms with van der Waals surface area (Å²) in [5.74, 6) is 0.418. The number of rotatable bonds is 6. The Labute approximate surface area is 168 Å². The lowest BCUT2D eigenvalue weighted by molar-refractivity contribution is -0.123. The van der Waals surface area contributed by atoms with Crippen molar-refractivity contribution in [2.24, 2.45) is 0 Å². The van der Waals surface area contributed by atoms with E-state index in [0.717, 1.165) is 11.3 Å². The van der Waals surface area contributed by atoms with E-state index in [2.05, 4.69) is 25.4 Å². The molecule has 3 heterocycles. The molecule has 150 valence electrons. The number of ether oxygens (including phenoxy) is 2. The highest BCUT2D eigenvalue weighted by Crippen LogP contribution is 2.30. The molecule has 0 spiro atoms. The van der Waals surface area contributed by atoms with Gasteiger partial charge in [0, 0.05) is 25.5 Å². The normalized spacial score (nSPS) is 15.6. The fourth-order valence-electron chi connectivity index (χ4n) is 3.39. The molecule has 1 atom stereocenters. The van der Waals surface area contributed by atoms with Gasteiger partial charge in [0.1, 0.15) is 24.4 Å². The van der Waals surface area contributed by atoms with Crippen LogP contribution >= 0.6 is 0 Å². The predicted molar refractivity (Wildman–Crippen MR) is 106 cm³/mol. The molecule has 0 saturated carbocycles. The number of amides is 1. The maximum atomic E-state index is 13.4. The van der Waals surface area contributed by atoms with Crippen molar-refractivity contribution in [1.82, 2.24) is 24.6 Å². The molecule has 29 heavy (non-hydrogen) atoms. The highest BCUT2D eigenvalue weighted by atomic mass is 16.5. The fourth-order valence-corrected chi connectivity index (χ4v) is 3.39. The minimum atomic E-state index is -0.476. The summed E-state index contributed by atoms with van der Waals surface area (Å²) in [5.41, 5.74) is 2.22. The molecule has 1 N–H and O–H groups in total. The van der Waals surface area contributed by atoms with Crippen LogP contribution < -0.4 is 10.1 Å². The second-order valence-corrected chi connectivity index (χ2v) is 6.58. The number of anilines is 1. The van der Waals surface area contributed by atoms with Gasteiger partial charge >= 0.3 is 0 Å². The number of nitrogens with one attached hydrogen (secondary N) is 1. The summed E-state index contributed by atoms with van der Waals surface area (Å²) >= 11 is 0. The number of methoxy groups -OCH3 is 1. The van der Waals surface area contributed by atoms with E-state index >= 15 is 0 Å². The Bertz CT molecular complexity index is 942. The minimum absolute atomic E-state index is 0.154. The molecule has 1 fully saturated rings. The number of hydrogen-bond donors (Lipinski definition) is 1. The van der Waals surface area contributed by atoms with Crippen molar-refractivity contribution in [3.05, 3.63) is 60.9 Å². The van der Waals surface area contributed by atoms with Gasteiger partial charge in [0.25, 0.3) is 0 Å². The maximum Gasteiger partial charge on any atom is 0.246 e. The van der Waals surface area contributed by atoms with E-state index < -0.39 is 6.04 Å². The molecule has 1 aliphatic heterocycles. The van der Waals surface area contributed by atoms with Gasteiger partial charge in [0.2, 0.25) is 5.91 Å². The SMILES string of the molecule is COc1ccc(-n2cnnc2)cc1NC(=O)C(c1cccnc1)N1CCOCC1. The van der Waals surface area contributed by atoms with Gasteiger partial charge in [-0.05, 0) is 29.8 Å². The van der Waals surface area contributed by atoms with Crippen molar-refractivity contribution in [2.45, 2.75) is 6.04 Å². The van der Waals surface area contributed by atoms with Gasteiger partial charge in [-0.1, -0.05) is 6.07 Å². The number of pyridine rings is 1. The van der Waals surface area contributed by atoms with Crippen molar-refractivity contribution >= 4 is 11.6 Å². The molecule has 4 rings (SSSR count). The van der Waals surface area contributed by atoms with Crippen LogP contribution in [-0.2, 0) is 9.53 Å². The zero-order valence-corrected chi connectivity index (χ0v) is 16.1. The Morgan fingerprint density at radius 3 is 2.69 bits per heavy atom. The zero-order valence-electron chi connectivity index (χ0n) is 16.1. The van der Waals surface area contributed by atoms with Crippen LogP contribution in [0.4, 0.5) is 5.69 Å². The van der Waals surface area contributed by atoms with Crippen molar-refractivity contribution in [3.8, 4) is 11.4 Å². The van der Waals surface area contributed by atoms with E-state index in [0.29, 0.717) is 37.7 Å². The van der Waals surface area contributed by atoms with Gasteiger partial charge in [-0.3, -0.25) is 19.2 Å². The van der Waals surface area contributed by atoms with E-state index in [1.165, 1.54) is 0 Å². The van der Waals surface area contributed by atoms with Crippen LogP contribution in [0.25, 0.3) is 5.69 Å². The van der Waals surface area contributed by atoms with E-state index in [9.17, 15) is 4.79 Å². The topological polar surface area (TPSA) is 94.4 Å². The summed E-state index contributed by atoms with van der Waals surface area (Å²) < 4.78 is 12.7. The molecule has 1 unspecified atom stereocenters. The quantitative estimate of drug-likeness (QED) is 0.680. The first-order valence-electron chi connectivity index (χ1n) is 9.32. The molecule has 1 aromatic carbocycles. The molecule has 9 heteroatoms. The number of hydrogen-bond acceptors (Lipinski definition) is 7. The third-order valence-electron chi connectivity index (χ3n) is 4.82. The third-order valence-corrected chi connectivity index (χ3v) is 4.82. The van der Waals surface area contributed by atoms with Gasteiger partial charge in [0.05, 0.1) is 31.7 Å². The molecule has 1 saturated heterocycles. The number of carbonyl (C=O) groups is 1. The van der Waals surface area contributed by atoms with Gasteiger partial charge in [-0.25, -0.2) is 0 Å². The molecule has 0 bridgehead atoms. The Kier molecular flexibility index (Phi) is 5.78. The molecule has 3 aromatic rings. The van der Waals surface area contributed by atoms with Crippen molar-refractivity contribution in [3.63, 3.8) is 0 Å². The molecule has 0 radical (unpaired) electrons. The first kappa shape index (κ1) is 19.0. The summed E-state index contributed by atoms with van der Waals surface area (Å²) in [6, 6.07) is 8.79. The van der Waals surface area contributed by atoms with Crippen molar-refractivity contribution < 1.29 is 14.3 Å². The summed E-state index contributed by atoms with van der Waals surface area (Å²) in [5, 5.41) is 10.7.